The Morgan fingerprint density at radius 2 is 2.07 bits per heavy atom. The fourth-order valence-corrected chi connectivity index (χ4v) is 2.45. The highest BCUT2D eigenvalue weighted by Crippen LogP contribution is 2.30. The molecule has 0 aliphatic heterocycles. The van der Waals surface area contributed by atoms with Crippen LogP contribution in [0.2, 0.25) is 0 Å². The van der Waals surface area contributed by atoms with Crippen LogP contribution in [-0.2, 0) is 4.74 Å². The molecule has 1 atom stereocenters. The van der Waals surface area contributed by atoms with Gasteiger partial charge in [-0.1, -0.05) is 6.07 Å². The number of nitrogens with one attached hydrogen (secondary N) is 2. The molecule has 1 aliphatic carbocycles. The van der Waals surface area contributed by atoms with Gasteiger partial charge in [0.2, 0.25) is 0 Å². The van der Waals surface area contributed by atoms with E-state index in [9.17, 15) is 17.6 Å². The minimum atomic E-state index is -4.31. The van der Waals surface area contributed by atoms with E-state index < -0.39 is 18.6 Å². The van der Waals surface area contributed by atoms with Gasteiger partial charge in [0, 0.05) is 20.2 Å². The standard InChI is InChI=1S/C19H27F4N3O2/c1-13(15-6-7-17(16(20)10-15)28-11-14-4-5-14)26-18(24-2)25-8-3-9-27-12-19(21,22)23/h6-7,10,13-14H,3-5,8-9,11-12H2,1-2H3,(H2,24,25,26). The summed E-state index contributed by atoms with van der Waals surface area (Å²) >= 11 is 0. The number of hydrogen-bond acceptors (Lipinski definition) is 3. The molecule has 1 aromatic rings. The van der Waals surface area contributed by atoms with Crippen LogP contribution in [-0.4, -0.2) is 45.5 Å². The van der Waals surface area contributed by atoms with E-state index in [0.717, 1.165) is 18.4 Å². The fourth-order valence-electron chi connectivity index (χ4n) is 2.45. The first-order chi connectivity index (χ1) is 13.3. The monoisotopic (exact) mass is 405 g/mol. The van der Waals surface area contributed by atoms with Crippen molar-refractivity contribution in [2.24, 2.45) is 10.9 Å². The Bertz CT molecular complexity index is 649. The van der Waals surface area contributed by atoms with E-state index >= 15 is 0 Å². The largest absolute Gasteiger partial charge is 0.490 e. The number of halogens is 4. The minimum Gasteiger partial charge on any atom is -0.490 e. The molecule has 1 unspecified atom stereocenters. The third-order valence-corrected chi connectivity index (χ3v) is 4.23. The lowest BCUT2D eigenvalue weighted by Gasteiger charge is -2.19. The normalized spacial score (nSPS) is 16.0. The molecule has 158 valence electrons. The van der Waals surface area contributed by atoms with Crippen molar-refractivity contribution in [1.82, 2.24) is 10.6 Å². The number of hydrogen-bond donors (Lipinski definition) is 2. The van der Waals surface area contributed by atoms with Gasteiger partial charge >= 0.3 is 6.18 Å². The molecule has 0 bridgehead atoms. The Hall–Kier alpha value is -2.03. The summed E-state index contributed by atoms with van der Waals surface area (Å²) in [4.78, 5) is 4.06. The number of rotatable bonds is 10. The Morgan fingerprint density at radius 3 is 2.68 bits per heavy atom. The van der Waals surface area contributed by atoms with Crippen molar-refractivity contribution in [1.29, 1.82) is 0 Å². The molecule has 1 aliphatic rings. The Balaban J connectivity index is 1.73. The van der Waals surface area contributed by atoms with Gasteiger partial charge < -0.3 is 20.1 Å². The quantitative estimate of drug-likeness (QED) is 0.269. The summed E-state index contributed by atoms with van der Waals surface area (Å²) in [6.07, 6.45) is -1.64. The molecule has 28 heavy (non-hydrogen) atoms. The Kier molecular flexibility index (Phi) is 8.35. The maximum absolute atomic E-state index is 14.2. The zero-order valence-electron chi connectivity index (χ0n) is 16.1. The molecule has 9 heteroatoms. The van der Waals surface area contributed by atoms with Crippen molar-refractivity contribution < 1.29 is 27.0 Å². The molecule has 2 rings (SSSR count). The number of ether oxygens (including phenoxy) is 2. The van der Waals surface area contributed by atoms with Crippen molar-refractivity contribution in [3.05, 3.63) is 29.6 Å². The molecule has 1 aromatic carbocycles. The summed E-state index contributed by atoms with van der Waals surface area (Å²) in [6.45, 7) is 1.55. The zero-order valence-corrected chi connectivity index (χ0v) is 16.1. The molecular formula is C19H27F4N3O2. The zero-order chi connectivity index (χ0) is 20.6. The van der Waals surface area contributed by atoms with E-state index in [1.807, 2.05) is 6.92 Å². The van der Waals surface area contributed by atoms with Crippen LogP contribution in [0.15, 0.2) is 23.2 Å². The first kappa shape index (κ1) is 22.3. The molecule has 5 nitrogen and oxygen atoms in total. The van der Waals surface area contributed by atoms with Crippen molar-refractivity contribution in [2.45, 2.75) is 38.4 Å². The van der Waals surface area contributed by atoms with E-state index in [4.69, 9.17) is 4.74 Å². The van der Waals surface area contributed by atoms with Gasteiger partial charge in [0.15, 0.2) is 17.5 Å². The molecule has 2 N–H and O–H groups in total. The third-order valence-electron chi connectivity index (χ3n) is 4.23. The van der Waals surface area contributed by atoms with Gasteiger partial charge in [-0.3, -0.25) is 4.99 Å². The predicted molar refractivity (Wildman–Crippen MR) is 99.0 cm³/mol. The maximum atomic E-state index is 14.2. The smallest absolute Gasteiger partial charge is 0.411 e. The molecule has 0 heterocycles. The summed E-state index contributed by atoms with van der Waals surface area (Å²) in [5.74, 6) is 0.867. The highest BCUT2D eigenvalue weighted by Gasteiger charge is 2.27. The summed E-state index contributed by atoms with van der Waals surface area (Å²) < 4.78 is 60.2. The second kappa shape index (κ2) is 10.5. The Labute approximate surface area is 162 Å². The molecule has 1 saturated carbocycles. The number of alkyl halides is 3. The molecule has 1 fully saturated rings. The van der Waals surface area contributed by atoms with Crippen LogP contribution < -0.4 is 15.4 Å². The van der Waals surface area contributed by atoms with Gasteiger partial charge in [-0.05, 0) is 49.8 Å². The van der Waals surface area contributed by atoms with Crippen molar-refractivity contribution in [2.75, 3.05) is 33.4 Å². The molecule has 0 aromatic heterocycles. The third kappa shape index (κ3) is 8.33. The van der Waals surface area contributed by atoms with Crippen molar-refractivity contribution in [3.63, 3.8) is 0 Å². The Morgan fingerprint density at radius 1 is 1.32 bits per heavy atom. The second-order valence-electron chi connectivity index (χ2n) is 6.83. The second-order valence-corrected chi connectivity index (χ2v) is 6.83. The number of nitrogens with zero attached hydrogens (tertiary/aromatic N) is 1. The lowest BCUT2D eigenvalue weighted by atomic mass is 10.1. The van der Waals surface area contributed by atoms with E-state index in [-0.39, 0.29) is 18.4 Å². The van der Waals surface area contributed by atoms with Gasteiger partial charge in [0.25, 0.3) is 0 Å². The average molecular weight is 405 g/mol. The van der Waals surface area contributed by atoms with Crippen LogP contribution in [0.3, 0.4) is 0 Å². The van der Waals surface area contributed by atoms with E-state index in [0.29, 0.717) is 31.4 Å². The fraction of sp³-hybridized carbons (Fsp3) is 0.632. The lowest BCUT2D eigenvalue weighted by Crippen LogP contribution is -2.39. The summed E-state index contributed by atoms with van der Waals surface area (Å²) in [5.41, 5.74) is 0.729. The first-order valence-electron chi connectivity index (χ1n) is 9.32. The van der Waals surface area contributed by atoms with Crippen molar-refractivity contribution >= 4 is 5.96 Å². The maximum Gasteiger partial charge on any atom is 0.411 e. The number of aliphatic imine (C=N–C) groups is 1. The summed E-state index contributed by atoms with van der Waals surface area (Å²) in [7, 11) is 1.58. The predicted octanol–water partition coefficient (Wildman–Crippen LogP) is 3.81. The van der Waals surface area contributed by atoms with Crippen LogP contribution in [0.5, 0.6) is 5.75 Å². The van der Waals surface area contributed by atoms with Crippen molar-refractivity contribution in [3.8, 4) is 5.75 Å². The van der Waals surface area contributed by atoms with Crippen LogP contribution in [0, 0.1) is 11.7 Å². The van der Waals surface area contributed by atoms with Crippen LogP contribution in [0.1, 0.15) is 37.8 Å². The lowest BCUT2D eigenvalue weighted by molar-refractivity contribution is -0.173. The highest BCUT2D eigenvalue weighted by atomic mass is 19.4. The summed E-state index contributed by atoms with van der Waals surface area (Å²) in [6, 6.07) is 4.62. The van der Waals surface area contributed by atoms with Crippen LogP contribution in [0.25, 0.3) is 0 Å². The van der Waals surface area contributed by atoms with Crippen LogP contribution in [0.4, 0.5) is 17.6 Å². The average Bonchev–Trinajstić information content (AvgIpc) is 3.45. The molecule has 0 amide bonds. The minimum absolute atomic E-state index is 0.00735. The first-order valence-corrected chi connectivity index (χ1v) is 9.32. The SMILES string of the molecule is CN=C(NCCCOCC(F)(F)F)NC(C)c1ccc(OCC2CC2)c(F)c1. The topological polar surface area (TPSA) is 54.9 Å². The highest BCUT2D eigenvalue weighted by molar-refractivity contribution is 5.80. The van der Waals surface area contributed by atoms with Gasteiger partial charge in [-0.25, -0.2) is 4.39 Å². The van der Waals surface area contributed by atoms with Gasteiger partial charge in [0.05, 0.1) is 12.6 Å². The molecule has 0 radical (unpaired) electrons. The van der Waals surface area contributed by atoms with Gasteiger partial charge in [-0.15, -0.1) is 0 Å². The van der Waals surface area contributed by atoms with E-state index in [2.05, 4.69) is 20.4 Å². The number of benzene rings is 1. The molecule has 0 spiro atoms. The van der Waals surface area contributed by atoms with E-state index in [1.54, 1.807) is 19.2 Å². The summed E-state index contributed by atoms with van der Waals surface area (Å²) in [5, 5.41) is 6.11. The molecule has 0 saturated heterocycles. The van der Waals surface area contributed by atoms with E-state index in [1.165, 1.54) is 6.07 Å². The van der Waals surface area contributed by atoms with Gasteiger partial charge in [-0.2, -0.15) is 13.2 Å². The van der Waals surface area contributed by atoms with Gasteiger partial charge in [0.1, 0.15) is 6.61 Å². The van der Waals surface area contributed by atoms with Crippen LogP contribution >= 0.6 is 0 Å². The number of guanidine groups is 1. The molecular weight excluding hydrogens is 378 g/mol.